The number of hydrogen-bond acceptors (Lipinski definition) is 6. The van der Waals surface area contributed by atoms with Crippen molar-refractivity contribution in [1.82, 2.24) is 20.1 Å². The molecule has 2 aromatic carbocycles. The van der Waals surface area contributed by atoms with Crippen LogP contribution in [0.4, 0.5) is 4.39 Å². The first-order chi connectivity index (χ1) is 16.3. The number of aromatic nitrogens is 3. The molecule has 0 aliphatic heterocycles. The van der Waals surface area contributed by atoms with E-state index in [0.29, 0.717) is 21.8 Å². The molecule has 0 spiro atoms. The minimum absolute atomic E-state index is 0.00522. The van der Waals surface area contributed by atoms with E-state index in [-0.39, 0.29) is 31.2 Å². The lowest BCUT2D eigenvalue weighted by Crippen LogP contribution is -2.29. The molecule has 0 aliphatic carbocycles. The first kappa shape index (κ1) is 25.7. The van der Waals surface area contributed by atoms with Crippen molar-refractivity contribution in [3.8, 4) is 5.69 Å². The van der Waals surface area contributed by atoms with Gasteiger partial charge < -0.3 is 10.1 Å². The van der Waals surface area contributed by atoms with Gasteiger partial charge in [0.2, 0.25) is 5.91 Å². The van der Waals surface area contributed by atoms with Gasteiger partial charge in [0.05, 0.1) is 24.8 Å². The van der Waals surface area contributed by atoms with Gasteiger partial charge in [-0.3, -0.25) is 14.2 Å². The number of nitrogens with one attached hydrogen (secondary N) is 1. The average Bonchev–Trinajstić information content (AvgIpc) is 3.23. The van der Waals surface area contributed by atoms with E-state index in [2.05, 4.69) is 15.5 Å². The number of halogens is 2. The summed E-state index contributed by atoms with van der Waals surface area (Å²) < 4.78 is 20.0. The summed E-state index contributed by atoms with van der Waals surface area (Å²) in [5.41, 5.74) is 2.68. The van der Waals surface area contributed by atoms with Gasteiger partial charge in [-0.25, -0.2) is 4.39 Å². The molecule has 7 nitrogen and oxygen atoms in total. The molecule has 0 saturated carbocycles. The molecule has 1 unspecified atom stereocenters. The number of ether oxygens (including phenoxy) is 1. The second kappa shape index (κ2) is 12.0. The lowest BCUT2D eigenvalue weighted by molar-refractivity contribution is -0.144. The largest absolute Gasteiger partial charge is 0.466 e. The Morgan fingerprint density at radius 3 is 2.62 bits per heavy atom. The van der Waals surface area contributed by atoms with Crippen molar-refractivity contribution in [2.75, 3.05) is 6.61 Å². The number of hydrogen-bond donors (Lipinski definition) is 1. The van der Waals surface area contributed by atoms with Crippen LogP contribution in [0.1, 0.15) is 49.7 Å². The van der Waals surface area contributed by atoms with Crippen LogP contribution in [0.2, 0.25) is 5.02 Å². The standard InChI is InChI=1S/C24H26ClFN4O3S/c1-4-33-22(32)12-11-21(31)27-16(3)23-28-29-24(34-14-17-6-9-19(26)10-7-17)30(23)20-13-18(25)8-5-15(20)2/h5-10,13,16H,4,11-12,14H2,1-3H3,(H,27,31). The van der Waals surface area contributed by atoms with E-state index in [4.69, 9.17) is 16.3 Å². The summed E-state index contributed by atoms with van der Waals surface area (Å²) in [5.74, 6) is 0.0804. The Kier molecular flexibility index (Phi) is 9.06. The lowest BCUT2D eigenvalue weighted by Gasteiger charge is -2.18. The van der Waals surface area contributed by atoms with Crippen LogP contribution < -0.4 is 5.32 Å². The van der Waals surface area contributed by atoms with Crippen LogP contribution >= 0.6 is 23.4 Å². The van der Waals surface area contributed by atoms with Gasteiger partial charge in [-0.15, -0.1) is 10.2 Å². The van der Waals surface area contributed by atoms with Crippen molar-refractivity contribution in [2.24, 2.45) is 0 Å². The third-order valence-electron chi connectivity index (χ3n) is 4.98. The maximum atomic E-state index is 13.2. The first-order valence-corrected chi connectivity index (χ1v) is 12.2. The molecular weight excluding hydrogens is 479 g/mol. The predicted octanol–water partition coefficient (Wildman–Crippen LogP) is 5.18. The van der Waals surface area contributed by atoms with Crippen molar-refractivity contribution in [3.05, 3.63) is 70.3 Å². The summed E-state index contributed by atoms with van der Waals surface area (Å²) in [4.78, 5) is 24.0. The maximum Gasteiger partial charge on any atom is 0.306 e. The number of rotatable bonds is 10. The normalized spacial score (nSPS) is 11.8. The van der Waals surface area contributed by atoms with Crippen LogP contribution in [0.25, 0.3) is 5.69 Å². The molecule has 10 heteroatoms. The van der Waals surface area contributed by atoms with E-state index in [0.717, 1.165) is 16.8 Å². The number of esters is 1. The fourth-order valence-electron chi connectivity index (χ4n) is 3.26. The molecule has 1 N–H and O–H groups in total. The number of carbonyl (C=O) groups excluding carboxylic acids is 2. The summed E-state index contributed by atoms with van der Waals surface area (Å²) in [6.07, 6.45) is 0.0188. The van der Waals surface area contributed by atoms with Gasteiger partial charge >= 0.3 is 5.97 Å². The maximum absolute atomic E-state index is 13.2. The smallest absolute Gasteiger partial charge is 0.306 e. The van der Waals surface area contributed by atoms with E-state index in [1.807, 2.05) is 23.6 Å². The van der Waals surface area contributed by atoms with E-state index in [9.17, 15) is 14.0 Å². The number of thioether (sulfide) groups is 1. The fourth-order valence-corrected chi connectivity index (χ4v) is 4.33. The van der Waals surface area contributed by atoms with Gasteiger partial charge in [0.1, 0.15) is 5.82 Å². The second-order valence-corrected chi connectivity index (χ2v) is 9.00. The highest BCUT2D eigenvalue weighted by Gasteiger charge is 2.22. The number of carbonyl (C=O) groups is 2. The van der Waals surface area contributed by atoms with Gasteiger partial charge in [0, 0.05) is 17.2 Å². The number of aryl methyl sites for hydroxylation is 1. The fraction of sp³-hybridized carbons (Fsp3) is 0.333. The molecule has 0 saturated heterocycles. The Labute approximate surface area is 207 Å². The van der Waals surface area contributed by atoms with Crippen molar-refractivity contribution in [3.63, 3.8) is 0 Å². The van der Waals surface area contributed by atoms with Crippen molar-refractivity contribution < 1.29 is 18.7 Å². The monoisotopic (exact) mass is 504 g/mol. The Morgan fingerprint density at radius 2 is 1.91 bits per heavy atom. The average molecular weight is 505 g/mol. The number of amides is 1. The Morgan fingerprint density at radius 1 is 1.18 bits per heavy atom. The molecule has 0 aliphatic rings. The summed E-state index contributed by atoms with van der Waals surface area (Å²) in [6.45, 7) is 5.75. The van der Waals surface area contributed by atoms with Gasteiger partial charge in [0.15, 0.2) is 11.0 Å². The van der Waals surface area contributed by atoms with Crippen LogP contribution in [0, 0.1) is 12.7 Å². The van der Waals surface area contributed by atoms with Gasteiger partial charge in [-0.05, 0) is 56.2 Å². The molecular formula is C24H26ClFN4O3S. The zero-order valence-electron chi connectivity index (χ0n) is 19.2. The zero-order valence-corrected chi connectivity index (χ0v) is 20.8. The highest BCUT2D eigenvalue weighted by atomic mass is 35.5. The van der Waals surface area contributed by atoms with Gasteiger partial charge in [0.25, 0.3) is 0 Å². The quantitative estimate of drug-likeness (QED) is 0.302. The highest BCUT2D eigenvalue weighted by molar-refractivity contribution is 7.98. The Bertz CT molecular complexity index is 1150. The summed E-state index contributed by atoms with van der Waals surface area (Å²) in [6, 6.07) is 11.3. The first-order valence-electron chi connectivity index (χ1n) is 10.8. The molecule has 1 atom stereocenters. The minimum Gasteiger partial charge on any atom is -0.466 e. The van der Waals surface area contributed by atoms with E-state index in [1.165, 1.54) is 23.9 Å². The van der Waals surface area contributed by atoms with Gasteiger partial charge in [-0.1, -0.05) is 41.6 Å². The Hall–Kier alpha value is -2.91. The van der Waals surface area contributed by atoms with Crippen LogP contribution in [0.15, 0.2) is 47.6 Å². The molecule has 1 heterocycles. The minimum atomic E-state index is -0.485. The summed E-state index contributed by atoms with van der Waals surface area (Å²) >= 11 is 7.72. The van der Waals surface area contributed by atoms with Crippen LogP contribution in [-0.2, 0) is 20.1 Å². The molecule has 0 radical (unpaired) electrons. The Balaban J connectivity index is 1.84. The summed E-state index contributed by atoms with van der Waals surface area (Å²) in [5, 5.41) is 12.7. The molecule has 34 heavy (non-hydrogen) atoms. The van der Waals surface area contributed by atoms with E-state index >= 15 is 0 Å². The molecule has 180 valence electrons. The summed E-state index contributed by atoms with van der Waals surface area (Å²) in [7, 11) is 0. The van der Waals surface area contributed by atoms with Crippen LogP contribution in [-0.4, -0.2) is 33.2 Å². The number of benzene rings is 2. The molecule has 3 rings (SSSR count). The van der Waals surface area contributed by atoms with Crippen molar-refractivity contribution >= 4 is 35.2 Å². The zero-order chi connectivity index (χ0) is 24.7. The van der Waals surface area contributed by atoms with Crippen LogP contribution in [0.3, 0.4) is 0 Å². The second-order valence-electron chi connectivity index (χ2n) is 7.62. The van der Waals surface area contributed by atoms with Crippen molar-refractivity contribution in [2.45, 2.75) is 50.6 Å². The van der Waals surface area contributed by atoms with Crippen molar-refractivity contribution in [1.29, 1.82) is 0 Å². The van der Waals surface area contributed by atoms with E-state index in [1.54, 1.807) is 32.0 Å². The lowest BCUT2D eigenvalue weighted by atomic mass is 10.2. The topological polar surface area (TPSA) is 86.1 Å². The van der Waals surface area contributed by atoms with E-state index < -0.39 is 12.0 Å². The predicted molar refractivity (Wildman–Crippen MR) is 129 cm³/mol. The molecule has 3 aromatic rings. The highest BCUT2D eigenvalue weighted by Crippen LogP contribution is 2.30. The molecule has 1 aromatic heterocycles. The number of nitrogens with zero attached hydrogens (tertiary/aromatic N) is 3. The molecule has 0 bridgehead atoms. The SMILES string of the molecule is CCOC(=O)CCC(=O)NC(C)c1nnc(SCc2ccc(F)cc2)n1-c1cc(Cl)ccc1C. The molecule has 0 fully saturated rings. The third kappa shape index (κ3) is 6.80. The van der Waals surface area contributed by atoms with Crippen LogP contribution in [0.5, 0.6) is 0 Å². The molecule has 1 amide bonds. The van der Waals surface area contributed by atoms with Gasteiger partial charge in [-0.2, -0.15) is 0 Å². The third-order valence-corrected chi connectivity index (χ3v) is 6.21.